The van der Waals surface area contributed by atoms with Crippen molar-refractivity contribution in [1.29, 1.82) is 0 Å². The molecule has 0 amide bonds. The maximum atomic E-state index is 11.5. The van der Waals surface area contributed by atoms with Gasteiger partial charge in [-0.1, -0.05) is 29.8 Å². The standard InChI is InChI=1S/C14H16O/c1-11-6-8-12(9-7-11)13-4-2-3-5-14(15)10-13/h6-10H,2-5H2,1H3. The Hall–Kier alpha value is -1.37. The number of carbonyl (C=O) groups excluding carboxylic acids is 1. The molecule has 0 unspecified atom stereocenters. The smallest absolute Gasteiger partial charge is 0.155 e. The summed E-state index contributed by atoms with van der Waals surface area (Å²) in [6, 6.07) is 8.43. The van der Waals surface area contributed by atoms with E-state index in [4.69, 9.17) is 0 Å². The second kappa shape index (κ2) is 4.43. The number of rotatable bonds is 1. The minimum absolute atomic E-state index is 0.281. The second-order valence-corrected chi connectivity index (χ2v) is 4.21. The van der Waals surface area contributed by atoms with Gasteiger partial charge in [-0.25, -0.2) is 0 Å². The lowest BCUT2D eigenvalue weighted by Gasteiger charge is -2.05. The van der Waals surface area contributed by atoms with E-state index in [1.165, 1.54) is 16.7 Å². The van der Waals surface area contributed by atoms with Crippen LogP contribution in [0.3, 0.4) is 0 Å². The van der Waals surface area contributed by atoms with Crippen LogP contribution in [0.25, 0.3) is 5.57 Å². The van der Waals surface area contributed by atoms with Gasteiger partial charge in [-0.15, -0.1) is 0 Å². The first kappa shape index (κ1) is 10.2. The van der Waals surface area contributed by atoms with Gasteiger partial charge in [0.25, 0.3) is 0 Å². The van der Waals surface area contributed by atoms with Crippen molar-refractivity contribution in [2.45, 2.75) is 32.6 Å². The van der Waals surface area contributed by atoms with Crippen LogP contribution in [0.4, 0.5) is 0 Å². The second-order valence-electron chi connectivity index (χ2n) is 4.21. The molecule has 1 aromatic carbocycles. The summed E-state index contributed by atoms with van der Waals surface area (Å²) >= 11 is 0. The first-order valence-corrected chi connectivity index (χ1v) is 5.56. The summed E-state index contributed by atoms with van der Waals surface area (Å²) in [5.74, 6) is 0.281. The van der Waals surface area contributed by atoms with Crippen molar-refractivity contribution < 1.29 is 4.79 Å². The fourth-order valence-corrected chi connectivity index (χ4v) is 1.95. The van der Waals surface area contributed by atoms with Gasteiger partial charge in [0.2, 0.25) is 0 Å². The van der Waals surface area contributed by atoms with Crippen molar-refractivity contribution in [3.63, 3.8) is 0 Å². The number of allylic oxidation sites excluding steroid dienone is 2. The molecule has 1 nitrogen and oxygen atoms in total. The highest BCUT2D eigenvalue weighted by Crippen LogP contribution is 2.24. The molecule has 1 heteroatoms. The van der Waals surface area contributed by atoms with Crippen molar-refractivity contribution >= 4 is 11.4 Å². The van der Waals surface area contributed by atoms with E-state index in [2.05, 4.69) is 31.2 Å². The molecule has 0 fully saturated rings. The van der Waals surface area contributed by atoms with Gasteiger partial charge in [0.05, 0.1) is 0 Å². The number of hydrogen-bond donors (Lipinski definition) is 0. The molecule has 78 valence electrons. The number of ketones is 1. The van der Waals surface area contributed by atoms with Crippen molar-refractivity contribution in [3.8, 4) is 0 Å². The summed E-state index contributed by atoms with van der Waals surface area (Å²) in [4.78, 5) is 11.5. The van der Waals surface area contributed by atoms with E-state index >= 15 is 0 Å². The Labute approximate surface area is 90.8 Å². The van der Waals surface area contributed by atoms with E-state index in [0.29, 0.717) is 0 Å². The van der Waals surface area contributed by atoms with Gasteiger partial charge < -0.3 is 0 Å². The lowest BCUT2D eigenvalue weighted by Crippen LogP contribution is -1.90. The Bertz CT molecular complexity index is 384. The molecule has 1 aliphatic rings. The van der Waals surface area contributed by atoms with Crippen LogP contribution in [0.15, 0.2) is 30.3 Å². The normalized spacial score (nSPS) is 17.1. The molecule has 1 aliphatic carbocycles. The summed E-state index contributed by atoms with van der Waals surface area (Å²) in [7, 11) is 0. The van der Waals surface area contributed by atoms with Crippen molar-refractivity contribution in [2.24, 2.45) is 0 Å². The van der Waals surface area contributed by atoms with Gasteiger partial charge in [0, 0.05) is 6.42 Å². The molecule has 0 atom stereocenters. The molecule has 2 rings (SSSR count). The fraction of sp³-hybridized carbons (Fsp3) is 0.357. The first-order chi connectivity index (χ1) is 7.25. The van der Waals surface area contributed by atoms with E-state index in [9.17, 15) is 4.79 Å². The quantitative estimate of drug-likeness (QED) is 0.678. The van der Waals surface area contributed by atoms with E-state index in [-0.39, 0.29) is 5.78 Å². The number of hydrogen-bond acceptors (Lipinski definition) is 1. The van der Waals surface area contributed by atoms with Crippen LogP contribution in [0.2, 0.25) is 0 Å². The zero-order valence-corrected chi connectivity index (χ0v) is 9.12. The largest absolute Gasteiger partial charge is 0.295 e. The van der Waals surface area contributed by atoms with E-state index < -0.39 is 0 Å². The molecule has 0 aromatic heterocycles. The third-order valence-electron chi connectivity index (χ3n) is 2.88. The van der Waals surface area contributed by atoms with Gasteiger partial charge in [-0.05, 0) is 43.4 Å². The van der Waals surface area contributed by atoms with Crippen molar-refractivity contribution in [1.82, 2.24) is 0 Å². The lowest BCUT2D eigenvalue weighted by molar-refractivity contribution is -0.114. The number of carbonyl (C=O) groups is 1. The summed E-state index contributed by atoms with van der Waals surface area (Å²) in [5, 5.41) is 0. The third kappa shape index (κ3) is 2.56. The summed E-state index contributed by atoms with van der Waals surface area (Å²) in [6.45, 7) is 2.08. The van der Waals surface area contributed by atoms with Crippen molar-refractivity contribution in [3.05, 3.63) is 41.5 Å². The first-order valence-electron chi connectivity index (χ1n) is 5.56. The molecule has 0 bridgehead atoms. The van der Waals surface area contributed by atoms with E-state index in [1.807, 2.05) is 6.08 Å². The number of aryl methyl sites for hydroxylation is 1. The Morgan fingerprint density at radius 1 is 1.00 bits per heavy atom. The van der Waals surface area contributed by atoms with Crippen LogP contribution in [0, 0.1) is 6.92 Å². The van der Waals surface area contributed by atoms with Crippen LogP contribution >= 0.6 is 0 Å². The Morgan fingerprint density at radius 2 is 1.67 bits per heavy atom. The van der Waals surface area contributed by atoms with E-state index in [1.54, 1.807) is 0 Å². The molecule has 0 aliphatic heterocycles. The van der Waals surface area contributed by atoms with Crippen LogP contribution < -0.4 is 0 Å². The minimum Gasteiger partial charge on any atom is -0.295 e. The highest BCUT2D eigenvalue weighted by atomic mass is 16.1. The molecular formula is C14H16O. The molecule has 0 heterocycles. The minimum atomic E-state index is 0.281. The topological polar surface area (TPSA) is 17.1 Å². The molecule has 0 saturated heterocycles. The van der Waals surface area contributed by atoms with Crippen LogP contribution in [-0.2, 0) is 4.79 Å². The molecule has 0 saturated carbocycles. The van der Waals surface area contributed by atoms with Crippen LogP contribution in [0.1, 0.15) is 36.8 Å². The third-order valence-corrected chi connectivity index (χ3v) is 2.88. The molecule has 1 aromatic rings. The molecule has 15 heavy (non-hydrogen) atoms. The molecule has 0 spiro atoms. The Balaban J connectivity index is 2.28. The summed E-state index contributed by atoms with van der Waals surface area (Å²) < 4.78 is 0. The number of benzene rings is 1. The predicted octanol–water partition coefficient (Wildman–Crippen LogP) is 3.52. The van der Waals surface area contributed by atoms with Crippen LogP contribution in [-0.4, -0.2) is 5.78 Å². The zero-order chi connectivity index (χ0) is 10.7. The zero-order valence-electron chi connectivity index (χ0n) is 9.12. The van der Waals surface area contributed by atoms with Crippen LogP contribution in [0.5, 0.6) is 0 Å². The fourth-order valence-electron chi connectivity index (χ4n) is 1.95. The average Bonchev–Trinajstić information content (AvgIpc) is 2.44. The van der Waals surface area contributed by atoms with Gasteiger partial charge >= 0.3 is 0 Å². The van der Waals surface area contributed by atoms with Gasteiger partial charge in [0.15, 0.2) is 5.78 Å². The van der Waals surface area contributed by atoms with Gasteiger partial charge in [-0.3, -0.25) is 4.79 Å². The monoisotopic (exact) mass is 200 g/mol. The molecule has 0 N–H and O–H groups in total. The Kier molecular flexibility index (Phi) is 3.00. The Morgan fingerprint density at radius 3 is 2.40 bits per heavy atom. The SMILES string of the molecule is Cc1ccc(C2=CC(=O)CCCC2)cc1. The summed E-state index contributed by atoms with van der Waals surface area (Å²) in [5.41, 5.74) is 3.67. The average molecular weight is 200 g/mol. The highest BCUT2D eigenvalue weighted by molar-refractivity contribution is 5.97. The highest BCUT2D eigenvalue weighted by Gasteiger charge is 2.09. The summed E-state index contributed by atoms with van der Waals surface area (Å²) in [6.07, 6.45) is 5.75. The van der Waals surface area contributed by atoms with Crippen molar-refractivity contribution in [2.75, 3.05) is 0 Å². The molecule has 0 radical (unpaired) electrons. The predicted molar refractivity (Wildman–Crippen MR) is 62.6 cm³/mol. The van der Waals surface area contributed by atoms with Gasteiger partial charge in [-0.2, -0.15) is 0 Å². The van der Waals surface area contributed by atoms with E-state index in [0.717, 1.165) is 25.7 Å². The maximum absolute atomic E-state index is 11.5. The lowest BCUT2D eigenvalue weighted by atomic mass is 10.0. The van der Waals surface area contributed by atoms with Gasteiger partial charge in [0.1, 0.15) is 0 Å². The molecular weight excluding hydrogens is 184 g/mol. The maximum Gasteiger partial charge on any atom is 0.155 e.